The molecule has 0 saturated carbocycles. The van der Waals surface area contributed by atoms with Crippen LogP contribution in [0.1, 0.15) is 10.4 Å². The molecule has 0 atom stereocenters. The van der Waals surface area contributed by atoms with E-state index in [0.29, 0.717) is 0 Å². The lowest BCUT2D eigenvalue weighted by molar-refractivity contribution is 0.100. The van der Waals surface area contributed by atoms with Gasteiger partial charge in [-0.3, -0.25) is 10.1 Å². The molecule has 74 valence electrons. The van der Waals surface area contributed by atoms with Gasteiger partial charge in [0, 0.05) is 6.20 Å². The van der Waals surface area contributed by atoms with Gasteiger partial charge in [-0.2, -0.15) is 4.98 Å². The van der Waals surface area contributed by atoms with Crippen LogP contribution in [0.15, 0.2) is 6.20 Å². The Hall–Kier alpha value is -2.38. The Kier molecular flexibility index (Phi) is 2.47. The van der Waals surface area contributed by atoms with Crippen LogP contribution in [0.4, 0.5) is 16.6 Å². The second-order valence-electron chi connectivity index (χ2n) is 2.35. The maximum Gasteiger partial charge on any atom is 0.319 e. The molecule has 0 radical (unpaired) electrons. The molecule has 8 nitrogen and oxygen atoms in total. The summed E-state index contributed by atoms with van der Waals surface area (Å²) in [6, 6.07) is -0.823. The van der Waals surface area contributed by atoms with E-state index in [2.05, 4.69) is 15.3 Å². The molecular weight excluding hydrogens is 188 g/mol. The van der Waals surface area contributed by atoms with Crippen LogP contribution in [-0.2, 0) is 0 Å². The number of nitrogens with one attached hydrogen (secondary N) is 1. The van der Waals surface area contributed by atoms with Gasteiger partial charge in [-0.15, -0.1) is 0 Å². The maximum atomic E-state index is 10.7. The van der Waals surface area contributed by atoms with Crippen LogP contribution in [0.3, 0.4) is 0 Å². The van der Waals surface area contributed by atoms with Gasteiger partial charge in [0.25, 0.3) is 5.91 Å². The van der Waals surface area contributed by atoms with Crippen LogP contribution >= 0.6 is 0 Å². The summed E-state index contributed by atoms with van der Waals surface area (Å²) >= 11 is 0. The molecule has 0 aliphatic carbocycles. The summed E-state index contributed by atoms with van der Waals surface area (Å²) in [4.78, 5) is 28.3. The number of aromatic nitrogens is 2. The van der Waals surface area contributed by atoms with Gasteiger partial charge in [0.2, 0.25) is 5.95 Å². The molecule has 1 rings (SSSR count). The number of hydrogen-bond acceptors (Lipinski definition) is 5. The van der Waals surface area contributed by atoms with Crippen molar-refractivity contribution in [2.24, 2.45) is 11.5 Å². The highest BCUT2D eigenvalue weighted by molar-refractivity contribution is 5.97. The number of nitrogen functional groups attached to an aromatic ring is 1. The fraction of sp³-hybridized carbons (Fsp3) is 0. The first-order valence-electron chi connectivity index (χ1n) is 3.49. The van der Waals surface area contributed by atoms with Gasteiger partial charge in [0.1, 0.15) is 5.82 Å². The van der Waals surface area contributed by atoms with Gasteiger partial charge in [-0.1, -0.05) is 0 Å². The van der Waals surface area contributed by atoms with Gasteiger partial charge < -0.3 is 17.2 Å². The van der Waals surface area contributed by atoms with Crippen LogP contribution in [0.25, 0.3) is 0 Å². The molecule has 14 heavy (non-hydrogen) atoms. The fourth-order valence-corrected chi connectivity index (χ4v) is 0.755. The number of rotatable bonds is 2. The van der Waals surface area contributed by atoms with E-state index in [1.807, 2.05) is 0 Å². The summed E-state index contributed by atoms with van der Waals surface area (Å²) in [5.41, 5.74) is 15.1. The Bertz CT molecular complexity index is 390. The smallest absolute Gasteiger partial charge is 0.319 e. The molecule has 3 amide bonds. The van der Waals surface area contributed by atoms with Crippen LogP contribution in [0, 0.1) is 0 Å². The molecule has 0 saturated heterocycles. The Labute approximate surface area is 78.5 Å². The van der Waals surface area contributed by atoms with Crippen molar-refractivity contribution < 1.29 is 9.59 Å². The van der Waals surface area contributed by atoms with Crippen molar-refractivity contribution in [2.45, 2.75) is 0 Å². The summed E-state index contributed by atoms with van der Waals surface area (Å²) in [7, 11) is 0. The summed E-state index contributed by atoms with van der Waals surface area (Å²) in [5, 5.41) is 2.10. The largest absolute Gasteiger partial charge is 0.383 e. The molecular formula is C6H8N6O2. The number of nitrogens with zero attached hydrogens (tertiary/aromatic N) is 2. The number of primary amides is 2. The first kappa shape index (κ1) is 9.71. The standard InChI is InChI=1S/C6H8N6O2/c7-3-2(4(8)13)1-10-6(11-3)12-5(9)14/h1H,(H2,8,13)(H5,7,9,10,11,12,14). The minimum Gasteiger partial charge on any atom is -0.383 e. The molecule has 1 aromatic heterocycles. The van der Waals surface area contributed by atoms with Crippen molar-refractivity contribution in [1.29, 1.82) is 0 Å². The quantitative estimate of drug-likeness (QED) is 0.461. The Morgan fingerprint density at radius 1 is 1.36 bits per heavy atom. The van der Waals surface area contributed by atoms with E-state index in [1.54, 1.807) is 0 Å². The summed E-state index contributed by atoms with van der Waals surface area (Å²) < 4.78 is 0. The summed E-state index contributed by atoms with van der Waals surface area (Å²) in [6.07, 6.45) is 1.11. The van der Waals surface area contributed by atoms with Gasteiger partial charge in [-0.25, -0.2) is 9.78 Å². The van der Waals surface area contributed by atoms with Gasteiger partial charge in [-0.05, 0) is 0 Å². The molecule has 1 heterocycles. The molecule has 7 N–H and O–H groups in total. The molecule has 0 aromatic carbocycles. The first-order valence-corrected chi connectivity index (χ1v) is 3.49. The number of carbonyl (C=O) groups excluding carboxylic acids is 2. The van der Waals surface area contributed by atoms with Crippen molar-refractivity contribution in [3.63, 3.8) is 0 Å². The molecule has 0 aliphatic rings. The lowest BCUT2D eigenvalue weighted by atomic mass is 10.3. The molecule has 0 spiro atoms. The Balaban J connectivity index is 3.00. The molecule has 0 fully saturated rings. The van der Waals surface area contributed by atoms with Crippen LogP contribution in [-0.4, -0.2) is 21.9 Å². The third-order valence-corrected chi connectivity index (χ3v) is 1.32. The molecule has 8 heteroatoms. The number of carbonyl (C=O) groups is 2. The van der Waals surface area contributed by atoms with E-state index in [-0.39, 0.29) is 17.3 Å². The summed E-state index contributed by atoms with van der Waals surface area (Å²) in [5.74, 6) is -0.940. The van der Waals surface area contributed by atoms with Crippen molar-refractivity contribution in [1.82, 2.24) is 9.97 Å². The monoisotopic (exact) mass is 196 g/mol. The molecule has 1 aromatic rings. The second kappa shape index (κ2) is 3.56. The van der Waals surface area contributed by atoms with Crippen molar-refractivity contribution >= 4 is 23.7 Å². The van der Waals surface area contributed by atoms with E-state index >= 15 is 0 Å². The van der Waals surface area contributed by atoms with Crippen molar-refractivity contribution in [2.75, 3.05) is 11.1 Å². The van der Waals surface area contributed by atoms with E-state index in [1.165, 1.54) is 0 Å². The Morgan fingerprint density at radius 2 is 2.00 bits per heavy atom. The van der Waals surface area contributed by atoms with Crippen LogP contribution in [0.2, 0.25) is 0 Å². The zero-order valence-electron chi connectivity index (χ0n) is 7.02. The predicted octanol–water partition coefficient (Wildman–Crippen LogP) is -1.35. The van der Waals surface area contributed by atoms with Gasteiger partial charge in [0.05, 0.1) is 5.56 Å². The lowest BCUT2D eigenvalue weighted by Gasteiger charge is -2.02. The maximum absolute atomic E-state index is 10.7. The van der Waals surface area contributed by atoms with E-state index in [4.69, 9.17) is 17.2 Å². The zero-order valence-corrected chi connectivity index (χ0v) is 7.02. The third kappa shape index (κ3) is 2.06. The van der Waals surface area contributed by atoms with Crippen molar-refractivity contribution in [3.05, 3.63) is 11.8 Å². The van der Waals surface area contributed by atoms with Crippen LogP contribution < -0.4 is 22.5 Å². The predicted molar refractivity (Wildman–Crippen MR) is 48.2 cm³/mol. The fourth-order valence-electron chi connectivity index (χ4n) is 0.755. The summed E-state index contributed by atoms with van der Waals surface area (Å²) in [6.45, 7) is 0. The Morgan fingerprint density at radius 3 is 2.43 bits per heavy atom. The van der Waals surface area contributed by atoms with E-state index in [9.17, 15) is 9.59 Å². The van der Waals surface area contributed by atoms with Crippen molar-refractivity contribution in [3.8, 4) is 0 Å². The topological polar surface area (TPSA) is 150 Å². The number of hydrogen-bond donors (Lipinski definition) is 4. The number of nitrogens with two attached hydrogens (primary N) is 3. The number of amides is 3. The number of anilines is 2. The lowest BCUT2D eigenvalue weighted by Crippen LogP contribution is -2.22. The SMILES string of the molecule is NC(=O)Nc1ncc(C(N)=O)c(N)n1. The average molecular weight is 196 g/mol. The highest BCUT2D eigenvalue weighted by Gasteiger charge is 2.09. The third-order valence-electron chi connectivity index (χ3n) is 1.32. The first-order chi connectivity index (χ1) is 6.50. The van der Waals surface area contributed by atoms with E-state index in [0.717, 1.165) is 6.20 Å². The minimum absolute atomic E-state index is 0.0139. The van der Waals surface area contributed by atoms with Gasteiger partial charge >= 0.3 is 6.03 Å². The van der Waals surface area contributed by atoms with E-state index < -0.39 is 11.9 Å². The normalized spacial score (nSPS) is 9.43. The molecule has 0 unspecified atom stereocenters. The highest BCUT2D eigenvalue weighted by Crippen LogP contribution is 2.08. The second-order valence-corrected chi connectivity index (χ2v) is 2.35. The average Bonchev–Trinajstić information content (AvgIpc) is 2.01. The molecule has 0 bridgehead atoms. The molecule has 0 aliphatic heterocycles. The highest BCUT2D eigenvalue weighted by atomic mass is 16.2. The zero-order chi connectivity index (χ0) is 10.7. The number of urea groups is 1. The van der Waals surface area contributed by atoms with Crippen LogP contribution in [0.5, 0.6) is 0 Å². The van der Waals surface area contributed by atoms with Gasteiger partial charge in [0.15, 0.2) is 0 Å². The minimum atomic E-state index is -0.823.